The molecule has 0 heterocycles. The fourth-order valence-electron chi connectivity index (χ4n) is 3.60. The molecule has 2 atom stereocenters. The van der Waals surface area contributed by atoms with E-state index in [4.69, 9.17) is 5.73 Å². The monoisotopic (exact) mass is 383 g/mol. The molecule has 0 aromatic heterocycles. The number of carboxylic acids is 1. The van der Waals surface area contributed by atoms with E-state index in [-0.39, 0.29) is 23.7 Å². The van der Waals surface area contributed by atoms with E-state index in [9.17, 15) is 19.5 Å². The Balaban J connectivity index is 2.37. The van der Waals surface area contributed by atoms with Crippen molar-refractivity contribution in [1.29, 1.82) is 0 Å². The molecule has 1 fully saturated rings. The fourth-order valence-corrected chi connectivity index (χ4v) is 3.60. The average Bonchev–Trinajstić information content (AvgIpc) is 2.58. The lowest BCUT2D eigenvalue weighted by Crippen LogP contribution is -2.46. The zero-order valence-corrected chi connectivity index (χ0v) is 17.2. The number of hydrogen-bond donors (Lipinski definition) is 4. The van der Waals surface area contributed by atoms with Crippen molar-refractivity contribution in [2.24, 2.45) is 29.4 Å². The summed E-state index contributed by atoms with van der Waals surface area (Å²) in [6.45, 7) is 8.54. The number of nitrogens with one attached hydrogen (secondary N) is 2. The first-order chi connectivity index (χ1) is 12.6. The minimum absolute atomic E-state index is 0.110. The molecule has 0 spiro atoms. The molecule has 2 unspecified atom stereocenters. The summed E-state index contributed by atoms with van der Waals surface area (Å²) in [5, 5.41) is 14.9. The van der Waals surface area contributed by atoms with Crippen molar-refractivity contribution in [3.63, 3.8) is 0 Å². The van der Waals surface area contributed by atoms with Gasteiger partial charge in [0.25, 0.3) is 0 Å². The van der Waals surface area contributed by atoms with Crippen molar-refractivity contribution in [3.8, 4) is 0 Å². The first-order valence-corrected chi connectivity index (χ1v) is 10.2. The van der Waals surface area contributed by atoms with Gasteiger partial charge >= 0.3 is 5.97 Å². The molecule has 0 saturated heterocycles. The molecule has 7 heteroatoms. The number of carbonyl (C=O) groups excluding carboxylic acids is 2. The maximum Gasteiger partial charge on any atom is 0.326 e. The molecule has 2 amide bonds. The summed E-state index contributed by atoms with van der Waals surface area (Å²) in [7, 11) is 0. The van der Waals surface area contributed by atoms with E-state index in [1.165, 1.54) is 0 Å². The van der Waals surface area contributed by atoms with Gasteiger partial charge in [0.15, 0.2) is 0 Å². The Bertz CT molecular complexity index is 499. The number of carboxylic acid groups (broad SMARTS) is 1. The molecule has 7 nitrogen and oxygen atoms in total. The van der Waals surface area contributed by atoms with Gasteiger partial charge in [-0.25, -0.2) is 4.79 Å². The Kier molecular flexibility index (Phi) is 9.77. The molecule has 1 saturated carbocycles. The maximum atomic E-state index is 12.4. The lowest BCUT2D eigenvalue weighted by Gasteiger charge is -2.29. The van der Waals surface area contributed by atoms with Crippen molar-refractivity contribution in [3.05, 3.63) is 0 Å². The third-order valence-corrected chi connectivity index (χ3v) is 5.17. The highest BCUT2D eigenvalue weighted by atomic mass is 16.4. The SMILES string of the molecule is CC(C)CC(N)C(=O)NCC1CCC(C(=O)NC(CC(C)C)C(=O)O)CC1. The van der Waals surface area contributed by atoms with Gasteiger partial charge in [-0.05, 0) is 56.3 Å². The Hall–Kier alpha value is -1.63. The summed E-state index contributed by atoms with van der Waals surface area (Å²) in [5.74, 6) is -0.473. The first kappa shape index (κ1) is 23.4. The van der Waals surface area contributed by atoms with Crippen LogP contribution in [0.3, 0.4) is 0 Å². The predicted molar refractivity (Wildman–Crippen MR) is 105 cm³/mol. The summed E-state index contributed by atoms with van der Waals surface area (Å²) >= 11 is 0. The van der Waals surface area contributed by atoms with Crippen molar-refractivity contribution in [1.82, 2.24) is 10.6 Å². The van der Waals surface area contributed by atoms with E-state index >= 15 is 0 Å². The van der Waals surface area contributed by atoms with Crippen molar-refractivity contribution in [2.45, 2.75) is 78.3 Å². The van der Waals surface area contributed by atoms with Crippen LogP contribution in [-0.4, -0.2) is 41.5 Å². The van der Waals surface area contributed by atoms with Crippen LogP contribution in [0.5, 0.6) is 0 Å². The summed E-state index contributed by atoms with van der Waals surface area (Å²) in [6, 6.07) is -1.29. The van der Waals surface area contributed by atoms with Crippen molar-refractivity contribution >= 4 is 17.8 Å². The summed E-state index contributed by atoms with van der Waals surface area (Å²) in [5.41, 5.74) is 5.89. The smallest absolute Gasteiger partial charge is 0.326 e. The van der Waals surface area contributed by atoms with Gasteiger partial charge in [-0.15, -0.1) is 0 Å². The standard InChI is InChI=1S/C20H37N3O4/c1-12(2)9-16(21)19(25)22-11-14-5-7-15(8-6-14)18(24)23-17(20(26)27)10-13(3)4/h12-17H,5-11,21H2,1-4H3,(H,22,25)(H,23,24)(H,26,27). The second-order valence-electron chi connectivity index (χ2n) is 8.73. The van der Waals surface area contributed by atoms with Crippen LogP contribution in [0.1, 0.15) is 66.2 Å². The molecule has 0 aromatic rings. The first-order valence-electron chi connectivity index (χ1n) is 10.2. The van der Waals surface area contributed by atoms with Gasteiger partial charge in [-0.3, -0.25) is 9.59 Å². The van der Waals surface area contributed by atoms with Crippen LogP contribution in [0.2, 0.25) is 0 Å². The van der Waals surface area contributed by atoms with E-state index in [0.29, 0.717) is 31.2 Å². The van der Waals surface area contributed by atoms with Gasteiger partial charge in [0, 0.05) is 12.5 Å². The number of aliphatic carboxylic acids is 1. The molecule has 1 aliphatic rings. The Morgan fingerprint density at radius 2 is 1.56 bits per heavy atom. The third-order valence-electron chi connectivity index (χ3n) is 5.17. The second-order valence-corrected chi connectivity index (χ2v) is 8.73. The number of carbonyl (C=O) groups is 3. The van der Waals surface area contributed by atoms with Gasteiger partial charge < -0.3 is 21.5 Å². The van der Waals surface area contributed by atoms with E-state index in [0.717, 1.165) is 25.7 Å². The van der Waals surface area contributed by atoms with Crippen LogP contribution < -0.4 is 16.4 Å². The van der Waals surface area contributed by atoms with Crippen LogP contribution in [0, 0.1) is 23.7 Å². The average molecular weight is 384 g/mol. The highest BCUT2D eigenvalue weighted by Crippen LogP contribution is 2.28. The molecule has 1 rings (SSSR count). The Morgan fingerprint density at radius 3 is 2.04 bits per heavy atom. The maximum absolute atomic E-state index is 12.4. The molecule has 0 radical (unpaired) electrons. The lowest BCUT2D eigenvalue weighted by molar-refractivity contribution is -0.143. The Labute approximate surface area is 162 Å². The molecule has 156 valence electrons. The molecule has 0 bridgehead atoms. The summed E-state index contributed by atoms with van der Waals surface area (Å²) in [6.07, 6.45) is 4.23. The normalized spacial score (nSPS) is 22.3. The van der Waals surface area contributed by atoms with E-state index in [2.05, 4.69) is 10.6 Å². The molecule has 0 aromatic carbocycles. The van der Waals surface area contributed by atoms with Crippen molar-refractivity contribution in [2.75, 3.05) is 6.54 Å². The molecular weight excluding hydrogens is 346 g/mol. The highest BCUT2D eigenvalue weighted by molar-refractivity contribution is 5.85. The molecule has 27 heavy (non-hydrogen) atoms. The number of hydrogen-bond acceptors (Lipinski definition) is 4. The molecule has 5 N–H and O–H groups in total. The van der Waals surface area contributed by atoms with Crippen LogP contribution in [0.4, 0.5) is 0 Å². The third kappa shape index (κ3) is 8.73. The number of amides is 2. The highest BCUT2D eigenvalue weighted by Gasteiger charge is 2.30. The quantitative estimate of drug-likeness (QED) is 0.459. The van der Waals surface area contributed by atoms with Gasteiger partial charge in [0.05, 0.1) is 6.04 Å². The fraction of sp³-hybridized carbons (Fsp3) is 0.850. The van der Waals surface area contributed by atoms with E-state index in [1.807, 2.05) is 27.7 Å². The minimum Gasteiger partial charge on any atom is -0.480 e. The summed E-state index contributed by atoms with van der Waals surface area (Å²) < 4.78 is 0. The lowest BCUT2D eigenvalue weighted by atomic mass is 9.81. The summed E-state index contributed by atoms with van der Waals surface area (Å²) in [4.78, 5) is 35.7. The van der Waals surface area contributed by atoms with Crippen LogP contribution in [0.15, 0.2) is 0 Å². The van der Waals surface area contributed by atoms with Gasteiger partial charge in [-0.2, -0.15) is 0 Å². The minimum atomic E-state index is -0.980. The largest absolute Gasteiger partial charge is 0.480 e. The Morgan fingerprint density at radius 1 is 1.00 bits per heavy atom. The van der Waals surface area contributed by atoms with Gasteiger partial charge in [0.1, 0.15) is 6.04 Å². The zero-order valence-electron chi connectivity index (χ0n) is 17.2. The second kappa shape index (κ2) is 11.3. The van der Waals surface area contributed by atoms with Gasteiger partial charge in [-0.1, -0.05) is 27.7 Å². The molecule has 0 aliphatic heterocycles. The number of rotatable bonds is 10. The molecular formula is C20H37N3O4. The van der Waals surface area contributed by atoms with E-state index < -0.39 is 18.1 Å². The van der Waals surface area contributed by atoms with Crippen molar-refractivity contribution < 1.29 is 19.5 Å². The van der Waals surface area contributed by atoms with Gasteiger partial charge in [0.2, 0.25) is 11.8 Å². The van der Waals surface area contributed by atoms with Crippen LogP contribution >= 0.6 is 0 Å². The van der Waals surface area contributed by atoms with E-state index in [1.54, 1.807) is 0 Å². The predicted octanol–water partition coefficient (Wildman–Crippen LogP) is 1.90. The number of nitrogens with two attached hydrogens (primary N) is 1. The topological polar surface area (TPSA) is 122 Å². The van der Waals surface area contributed by atoms with Crippen LogP contribution in [0.25, 0.3) is 0 Å². The zero-order chi connectivity index (χ0) is 20.6. The van der Waals surface area contributed by atoms with Crippen LogP contribution in [-0.2, 0) is 14.4 Å². The molecule has 1 aliphatic carbocycles.